The highest BCUT2D eigenvalue weighted by Gasteiger charge is 2.27. The third-order valence-corrected chi connectivity index (χ3v) is 4.28. The summed E-state index contributed by atoms with van der Waals surface area (Å²) in [4.78, 5) is 2.57. The molecular formula is C16H26N2O. The summed E-state index contributed by atoms with van der Waals surface area (Å²) in [7, 11) is 2.01. The minimum Gasteiger partial charge on any atom is -0.508 e. The third kappa shape index (κ3) is 3.48. The van der Waals surface area contributed by atoms with Crippen LogP contribution in [0, 0.1) is 0 Å². The van der Waals surface area contributed by atoms with Crippen LogP contribution in [0.4, 0.5) is 0 Å². The Morgan fingerprint density at radius 3 is 2.89 bits per heavy atom. The second-order valence-electron chi connectivity index (χ2n) is 5.51. The van der Waals surface area contributed by atoms with E-state index in [1.54, 1.807) is 6.07 Å². The van der Waals surface area contributed by atoms with E-state index >= 15 is 0 Å². The molecule has 19 heavy (non-hydrogen) atoms. The Morgan fingerprint density at radius 1 is 1.37 bits per heavy atom. The molecule has 1 aliphatic heterocycles. The van der Waals surface area contributed by atoms with Gasteiger partial charge >= 0.3 is 0 Å². The van der Waals surface area contributed by atoms with Gasteiger partial charge in [-0.2, -0.15) is 0 Å². The number of hydrogen-bond acceptors (Lipinski definition) is 3. The lowest BCUT2D eigenvalue weighted by Crippen LogP contribution is -2.42. The molecule has 2 atom stereocenters. The number of rotatable bonds is 5. The molecule has 0 bridgehead atoms. The number of nitrogens with one attached hydrogen (secondary N) is 1. The van der Waals surface area contributed by atoms with Crippen LogP contribution in [-0.2, 0) is 0 Å². The molecule has 2 unspecified atom stereocenters. The number of piperidine rings is 1. The predicted molar refractivity (Wildman–Crippen MR) is 79.4 cm³/mol. The van der Waals surface area contributed by atoms with E-state index in [-0.39, 0.29) is 0 Å². The fraction of sp³-hybridized carbons (Fsp3) is 0.625. The van der Waals surface area contributed by atoms with Crippen LogP contribution in [0.3, 0.4) is 0 Å². The fourth-order valence-electron chi connectivity index (χ4n) is 3.17. The Bertz CT molecular complexity index is 394. The number of para-hydroxylation sites is 1. The summed E-state index contributed by atoms with van der Waals surface area (Å²) in [5.41, 5.74) is 1.05. The summed E-state index contributed by atoms with van der Waals surface area (Å²) in [6.45, 7) is 4.42. The number of aromatic hydroxyl groups is 1. The Balaban J connectivity index is 2.10. The van der Waals surface area contributed by atoms with Crippen LogP contribution in [0.5, 0.6) is 5.75 Å². The molecule has 0 aromatic heterocycles. The van der Waals surface area contributed by atoms with Crippen molar-refractivity contribution in [2.75, 3.05) is 20.1 Å². The maximum atomic E-state index is 10.0. The van der Waals surface area contributed by atoms with Gasteiger partial charge in [0.05, 0.1) is 0 Å². The predicted octanol–water partition coefficient (Wildman–Crippen LogP) is 2.92. The van der Waals surface area contributed by atoms with E-state index in [9.17, 15) is 5.11 Å². The van der Waals surface area contributed by atoms with Gasteiger partial charge in [0.25, 0.3) is 0 Å². The topological polar surface area (TPSA) is 35.5 Å². The average molecular weight is 262 g/mol. The first kappa shape index (κ1) is 14.4. The van der Waals surface area contributed by atoms with Crippen molar-refractivity contribution in [3.63, 3.8) is 0 Å². The van der Waals surface area contributed by atoms with Crippen LogP contribution in [0.15, 0.2) is 24.3 Å². The van der Waals surface area contributed by atoms with Crippen molar-refractivity contribution < 1.29 is 5.11 Å². The van der Waals surface area contributed by atoms with Crippen molar-refractivity contribution >= 4 is 0 Å². The highest BCUT2D eigenvalue weighted by atomic mass is 16.3. The first-order chi connectivity index (χ1) is 9.24. The van der Waals surface area contributed by atoms with Crippen LogP contribution in [0.1, 0.15) is 44.2 Å². The first-order valence-corrected chi connectivity index (χ1v) is 7.42. The summed E-state index contributed by atoms with van der Waals surface area (Å²) in [5, 5.41) is 13.3. The lowest BCUT2D eigenvalue weighted by molar-refractivity contribution is 0.0959. The minimum absolute atomic E-state index is 0.295. The average Bonchev–Trinajstić information content (AvgIpc) is 2.45. The Kier molecular flexibility index (Phi) is 5.23. The van der Waals surface area contributed by atoms with E-state index < -0.39 is 0 Å². The van der Waals surface area contributed by atoms with E-state index in [1.807, 2.05) is 25.2 Å². The fourth-order valence-corrected chi connectivity index (χ4v) is 3.17. The smallest absolute Gasteiger partial charge is 0.120 e. The summed E-state index contributed by atoms with van der Waals surface area (Å²) >= 11 is 0. The van der Waals surface area contributed by atoms with E-state index in [4.69, 9.17) is 0 Å². The molecule has 0 saturated carbocycles. The monoisotopic (exact) mass is 262 g/mol. The Morgan fingerprint density at radius 2 is 2.16 bits per heavy atom. The van der Waals surface area contributed by atoms with Crippen molar-refractivity contribution in [3.8, 4) is 5.75 Å². The highest BCUT2D eigenvalue weighted by Crippen LogP contribution is 2.33. The summed E-state index contributed by atoms with van der Waals surface area (Å²) in [6.07, 6.45) is 5.07. The summed E-state index contributed by atoms with van der Waals surface area (Å²) in [6, 6.07) is 8.67. The van der Waals surface area contributed by atoms with Crippen LogP contribution in [-0.4, -0.2) is 36.2 Å². The number of hydrogen-bond donors (Lipinski definition) is 2. The number of nitrogens with zero attached hydrogens (tertiary/aromatic N) is 1. The molecule has 1 saturated heterocycles. The third-order valence-electron chi connectivity index (χ3n) is 4.28. The van der Waals surface area contributed by atoms with Gasteiger partial charge in [0.2, 0.25) is 0 Å². The van der Waals surface area contributed by atoms with Gasteiger partial charge in [-0.15, -0.1) is 0 Å². The second kappa shape index (κ2) is 6.92. The molecule has 106 valence electrons. The minimum atomic E-state index is 0.295. The maximum Gasteiger partial charge on any atom is 0.120 e. The van der Waals surface area contributed by atoms with Gasteiger partial charge in [0.15, 0.2) is 0 Å². The van der Waals surface area contributed by atoms with Gasteiger partial charge in [-0.25, -0.2) is 0 Å². The SMILES string of the molecule is CNCCC1CCCCN1C(C)c1ccccc1O. The van der Waals surface area contributed by atoms with Crippen molar-refractivity contribution in [2.45, 2.75) is 44.7 Å². The number of phenols is 1. The lowest BCUT2D eigenvalue weighted by atomic mass is 9.95. The maximum absolute atomic E-state index is 10.0. The molecule has 1 heterocycles. The zero-order valence-electron chi connectivity index (χ0n) is 12.1. The van der Waals surface area contributed by atoms with Crippen molar-refractivity contribution in [2.24, 2.45) is 0 Å². The van der Waals surface area contributed by atoms with E-state index in [0.717, 1.165) is 18.7 Å². The first-order valence-electron chi connectivity index (χ1n) is 7.42. The number of likely N-dealkylation sites (tertiary alicyclic amines) is 1. The zero-order chi connectivity index (χ0) is 13.7. The number of benzene rings is 1. The summed E-state index contributed by atoms with van der Waals surface area (Å²) < 4.78 is 0. The molecule has 1 aromatic carbocycles. The molecule has 2 N–H and O–H groups in total. The van der Waals surface area contributed by atoms with E-state index in [1.165, 1.54) is 25.7 Å². The molecule has 0 aliphatic carbocycles. The Labute approximate surface area is 116 Å². The van der Waals surface area contributed by atoms with Gasteiger partial charge < -0.3 is 10.4 Å². The van der Waals surface area contributed by atoms with Gasteiger partial charge in [-0.3, -0.25) is 4.90 Å². The molecule has 1 aromatic rings. The molecule has 0 spiro atoms. The molecule has 1 aliphatic rings. The quantitative estimate of drug-likeness (QED) is 0.856. The van der Waals surface area contributed by atoms with Crippen molar-refractivity contribution in [1.29, 1.82) is 0 Å². The second-order valence-corrected chi connectivity index (χ2v) is 5.51. The van der Waals surface area contributed by atoms with E-state index in [0.29, 0.717) is 17.8 Å². The van der Waals surface area contributed by atoms with E-state index in [2.05, 4.69) is 17.1 Å². The zero-order valence-corrected chi connectivity index (χ0v) is 12.1. The molecule has 2 rings (SSSR count). The normalized spacial score (nSPS) is 22.3. The number of phenolic OH excluding ortho intramolecular Hbond substituents is 1. The van der Waals surface area contributed by atoms with Crippen LogP contribution in [0.25, 0.3) is 0 Å². The summed E-state index contributed by atoms with van der Waals surface area (Å²) in [5.74, 6) is 0.424. The molecule has 3 heteroatoms. The van der Waals surface area contributed by atoms with Crippen LogP contribution >= 0.6 is 0 Å². The Hall–Kier alpha value is -1.06. The molecule has 0 radical (unpaired) electrons. The molecule has 1 fully saturated rings. The van der Waals surface area contributed by atoms with Gasteiger partial charge in [-0.1, -0.05) is 24.6 Å². The van der Waals surface area contributed by atoms with Crippen molar-refractivity contribution in [3.05, 3.63) is 29.8 Å². The van der Waals surface area contributed by atoms with Crippen LogP contribution in [0.2, 0.25) is 0 Å². The lowest BCUT2D eigenvalue weighted by Gasteiger charge is -2.40. The standard InChI is InChI=1S/C16H26N2O/c1-13(15-8-3-4-9-16(15)19)18-12-6-5-7-14(18)10-11-17-2/h3-4,8-9,13-14,17,19H,5-7,10-12H2,1-2H3. The van der Waals surface area contributed by atoms with Crippen molar-refractivity contribution in [1.82, 2.24) is 10.2 Å². The largest absolute Gasteiger partial charge is 0.508 e. The van der Waals surface area contributed by atoms with Gasteiger partial charge in [0, 0.05) is 17.6 Å². The molecular weight excluding hydrogens is 236 g/mol. The molecule has 0 amide bonds. The molecule has 3 nitrogen and oxygen atoms in total. The highest BCUT2D eigenvalue weighted by molar-refractivity contribution is 5.34. The van der Waals surface area contributed by atoms with Gasteiger partial charge in [-0.05, 0) is 52.4 Å². The van der Waals surface area contributed by atoms with Gasteiger partial charge in [0.1, 0.15) is 5.75 Å². The van der Waals surface area contributed by atoms with Crippen LogP contribution < -0.4 is 5.32 Å².